The van der Waals surface area contributed by atoms with Crippen LogP contribution in [0.25, 0.3) is 0 Å². The molecule has 0 aliphatic heterocycles. The van der Waals surface area contributed by atoms with Crippen molar-refractivity contribution >= 4 is 11.8 Å². The molecule has 6 heteroatoms. The maximum Gasteiger partial charge on any atom is 0.246 e. The van der Waals surface area contributed by atoms with Crippen molar-refractivity contribution in [3.63, 3.8) is 0 Å². The number of hydrogen-bond acceptors (Lipinski definition) is 2. The van der Waals surface area contributed by atoms with Crippen LogP contribution in [0.1, 0.15) is 34.1 Å². The van der Waals surface area contributed by atoms with Gasteiger partial charge in [-0.05, 0) is 33.8 Å². The molecule has 0 aliphatic rings. The zero-order valence-corrected chi connectivity index (χ0v) is 15.6. The average Bonchev–Trinajstić information content (AvgIpc) is 2.33. The summed E-state index contributed by atoms with van der Waals surface area (Å²) < 4.78 is 0.954. The molecule has 0 saturated carbocycles. The highest BCUT2D eigenvalue weighted by Gasteiger charge is 2.30. The third-order valence-corrected chi connectivity index (χ3v) is 3.58. The lowest BCUT2D eigenvalue weighted by atomic mass is 10.0. The minimum atomic E-state index is -0.481. The summed E-state index contributed by atoms with van der Waals surface area (Å²) in [6.45, 7) is 16.9. The molecule has 0 fully saturated rings. The number of hydrogen-bond donors (Lipinski definition) is 2. The summed E-state index contributed by atoms with van der Waals surface area (Å²) in [6.07, 6.45) is 2.04. The zero-order chi connectivity index (χ0) is 17.3. The summed E-state index contributed by atoms with van der Waals surface area (Å²) >= 11 is 0. The van der Waals surface area contributed by atoms with Crippen LogP contribution in [-0.4, -0.2) is 49.0 Å². The van der Waals surface area contributed by atoms with Crippen LogP contribution in [0.3, 0.4) is 0 Å². The van der Waals surface area contributed by atoms with Gasteiger partial charge in [-0.25, -0.2) is 0 Å². The van der Waals surface area contributed by atoms with Crippen molar-refractivity contribution in [2.75, 3.05) is 27.2 Å². The molecule has 0 aromatic carbocycles. The fraction of sp³-hybridized carbons (Fsp3) is 0.625. The maximum absolute atomic E-state index is 11.2. The van der Waals surface area contributed by atoms with Crippen molar-refractivity contribution in [2.45, 2.75) is 39.7 Å². The summed E-state index contributed by atoms with van der Waals surface area (Å²) in [4.78, 5) is 20.7. The van der Waals surface area contributed by atoms with Gasteiger partial charge in [0.05, 0.1) is 26.2 Å². The molecule has 0 aromatic heterocycles. The molecule has 0 bridgehead atoms. The van der Waals surface area contributed by atoms with E-state index >= 15 is 0 Å². The van der Waals surface area contributed by atoms with E-state index in [-0.39, 0.29) is 23.9 Å². The molecule has 0 unspecified atom stereocenters. The molecule has 0 radical (unpaired) electrons. The summed E-state index contributed by atoms with van der Waals surface area (Å²) in [5.74, 6) is -0.522. The number of nitrogens with two attached hydrogens (primary N) is 1. The Balaban J connectivity index is -0.000000520. The van der Waals surface area contributed by atoms with Gasteiger partial charge >= 0.3 is 0 Å². The van der Waals surface area contributed by atoms with Crippen LogP contribution in [0.5, 0.6) is 0 Å². The number of nitrogens with zero attached hydrogens (tertiary/aromatic N) is 1. The summed E-state index contributed by atoms with van der Waals surface area (Å²) in [6, 6.07) is 0. The second kappa shape index (κ2) is 11.3. The Morgan fingerprint density at radius 2 is 1.68 bits per heavy atom. The van der Waals surface area contributed by atoms with Crippen LogP contribution in [0, 0.1) is 0 Å². The van der Waals surface area contributed by atoms with Crippen LogP contribution < -0.4 is 23.5 Å². The van der Waals surface area contributed by atoms with Crippen molar-refractivity contribution in [3.8, 4) is 0 Å². The predicted molar refractivity (Wildman–Crippen MR) is 88.6 cm³/mol. The molecule has 5 nitrogen and oxygen atoms in total. The van der Waals surface area contributed by atoms with Crippen LogP contribution in [-0.2, 0) is 9.59 Å². The second-order valence-electron chi connectivity index (χ2n) is 6.58. The molecule has 0 rings (SSSR count). The van der Waals surface area contributed by atoms with Gasteiger partial charge in [0.1, 0.15) is 0 Å². The number of rotatable bonds is 6. The molecule has 0 atom stereocenters. The summed E-state index contributed by atoms with van der Waals surface area (Å²) in [5, 5.41) is 2.86. The van der Waals surface area contributed by atoms with Gasteiger partial charge in [-0.3, -0.25) is 9.59 Å². The van der Waals surface area contributed by atoms with E-state index in [9.17, 15) is 9.59 Å². The van der Waals surface area contributed by atoms with E-state index in [0.29, 0.717) is 5.57 Å². The standard InChI is InChI=1S/C13H26N2O.C3H5NO.ClH/c1-11(2)12(16)14-9-8-10-15(6,7)13(3,4)5;1-2-3(4)5;/h1,8-10H2,2-7H3;2H,1H2,(H2,4,5);1H. The van der Waals surface area contributed by atoms with Crippen molar-refractivity contribution in [1.29, 1.82) is 0 Å². The first-order valence-electron chi connectivity index (χ1n) is 7.04. The third kappa shape index (κ3) is 12.4. The quantitative estimate of drug-likeness (QED) is 0.357. The lowest BCUT2D eigenvalue weighted by Gasteiger charge is -2.42. The molecule has 0 spiro atoms. The molecule has 130 valence electrons. The largest absolute Gasteiger partial charge is 1.00 e. The molecule has 3 N–H and O–H groups in total. The third-order valence-electron chi connectivity index (χ3n) is 3.58. The molecule has 0 aliphatic carbocycles. The van der Waals surface area contributed by atoms with Crippen molar-refractivity contribution < 1.29 is 26.5 Å². The number of carbonyl (C=O) groups excluding carboxylic acids is 2. The Morgan fingerprint density at radius 3 is 1.95 bits per heavy atom. The Morgan fingerprint density at radius 1 is 1.27 bits per heavy atom. The van der Waals surface area contributed by atoms with Gasteiger partial charge < -0.3 is 27.9 Å². The molecule has 2 amide bonds. The van der Waals surface area contributed by atoms with Crippen LogP contribution in [0.15, 0.2) is 24.8 Å². The first kappa shape index (κ1) is 25.6. The van der Waals surface area contributed by atoms with Gasteiger partial charge in [-0.1, -0.05) is 13.2 Å². The Hall–Kier alpha value is -1.33. The number of carbonyl (C=O) groups is 2. The Labute approximate surface area is 141 Å². The van der Waals surface area contributed by atoms with Gasteiger partial charge in [-0.2, -0.15) is 0 Å². The van der Waals surface area contributed by atoms with E-state index in [0.717, 1.165) is 30.1 Å². The topological polar surface area (TPSA) is 72.2 Å². The first-order chi connectivity index (χ1) is 9.35. The van der Waals surface area contributed by atoms with Crippen LogP contribution in [0.4, 0.5) is 0 Å². The Bertz CT molecular complexity index is 385. The lowest BCUT2D eigenvalue weighted by molar-refractivity contribution is -0.935. The number of nitrogens with one attached hydrogen (secondary N) is 1. The van der Waals surface area contributed by atoms with Gasteiger partial charge in [0.15, 0.2) is 0 Å². The molecular formula is C16H32ClN3O2. The fourth-order valence-corrected chi connectivity index (χ4v) is 1.16. The van der Waals surface area contributed by atoms with Crippen molar-refractivity contribution in [1.82, 2.24) is 5.32 Å². The van der Waals surface area contributed by atoms with Crippen LogP contribution >= 0.6 is 0 Å². The smallest absolute Gasteiger partial charge is 0.246 e. The van der Waals surface area contributed by atoms with E-state index in [4.69, 9.17) is 0 Å². The second-order valence-corrected chi connectivity index (χ2v) is 6.58. The highest BCUT2D eigenvalue weighted by atomic mass is 35.5. The fourth-order valence-electron chi connectivity index (χ4n) is 1.16. The minimum absolute atomic E-state index is 0. The van der Waals surface area contributed by atoms with E-state index < -0.39 is 5.91 Å². The summed E-state index contributed by atoms with van der Waals surface area (Å²) in [7, 11) is 4.45. The Kier molecular flexibility index (Phi) is 13.1. The average molecular weight is 334 g/mol. The zero-order valence-electron chi connectivity index (χ0n) is 14.8. The van der Waals surface area contributed by atoms with E-state index in [2.05, 4.69) is 59.1 Å². The maximum atomic E-state index is 11.2. The number of halogens is 1. The summed E-state index contributed by atoms with van der Waals surface area (Å²) in [5.41, 5.74) is 5.34. The SMILES string of the molecule is C=C(C)C(=O)NCCC[N+](C)(C)C(C)(C)C.C=CC(N)=O.[Cl-]. The first-order valence-corrected chi connectivity index (χ1v) is 7.04. The predicted octanol–water partition coefficient (Wildman–Crippen LogP) is -1.39. The molecule has 0 saturated heterocycles. The van der Waals surface area contributed by atoms with E-state index in [1.165, 1.54) is 0 Å². The van der Waals surface area contributed by atoms with Crippen LogP contribution in [0.2, 0.25) is 0 Å². The molecule has 0 heterocycles. The van der Waals surface area contributed by atoms with E-state index in [1.54, 1.807) is 6.92 Å². The van der Waals surface area contributed by atoms with Crippen molar-refractivity contribution in [2.24, 2.45) is 5.73 Å². The highest BCUT2D eigenvalue weighted by Crippen LogP contribution is 2.18. The number of amides is 2. The molecule has 22 heavy (non-hydrogen) atoms. The van der Waals surface area contributed by atoms with Gasteiger partial charge in [0.25, 0.3) is 0 Å². The van der Waals surface area contributed by atoms with Crippen molar-refractivity contribution in [3.05, 3.63) is 24.8 Å². The number of quaternary nitrogens is 1. The van der Waals surface area contributed by atoms with Gasteiger partial charge in [0.2, 0.25) is 11.8 Å². The van der Waals surface area contributed by atoms with Gasteiger partial charge in [0, 0.05) is 18.5 Å². The monoisotopic (exact) mass is 333 g/mol. The molecular weight excluding hydrogens is 302 g/mol. The lowest BCUT2D eigenvalue weighted by Crippen LogP contribution is -3.00. The highest BCUT2D eigenvalue weighted by molar-refractivity contribution is 5.92. The normalized spacial score (nSPS) is 10.5. The van der Waals surface area contributed by atoms with Gasteiger partial charge in [-0.15, -0.1) is 0 Å². The number of primary amides is 1. The molecule has 0 aromatic rings. The minimum Gasteiger partial charge on any atom is -1.00 e. The van der Waals surface area contributed by atoms with E-state index in [1.807, 2.05) is 0 Å².